The Kier molecular flexibility index (Phi) is 5.65. The van der Waals surface area contributed by atoms with Gasteiger partial charge in [0, 0.05) is 30.9 Å². The molecule has 1 aromatic rings. The topological polar surface area (TPSA) is 56.4 Å². The maximum atomic E-state index is 7.39. The Balaban J connectivity index is 2.75. The van der Waals surface area contributed by atoms with Crippen molar-refractivity contribution in [1.82, 2.24) is 4.90 Å². The number of hydrogen-bond acceptors (Lipinski definition) is 3. The monoisotopic (exact) mass is 248 g/mol. The van der Waals surface area contributed by atoms with Gasteiger partial charge in [0.15, 0.2) is 0 Å². The predicted octanol–water partition coefficient (Wildman–Crippen LogP) is 1.75. The van der Waals surface area contributed by atoms with Crippen molar-refractivity contribution < 1.29 is 0 Å². The fraction of sp³-hybridized carbons (Fsp3) is 0.500. The van der Waals surface area contributed by atoms with Crippen LogP contribution < -0.4 is 10.6 Å². The quantitative estimate of drug-likeness (QED) is 0.571. The molecule has 0 saturated heterocycles. The summed E-state index contributed by atoms with van der Waals surface area (Å²) in [4.78, 5) is 4.55. The molecule has 0 spiro atoms. The lowest BCUT2D eigenvalue weighted by atomic mass is 10.1. The highest BCUT2D eigenvalue weighted by Crippen LogP contribution is 2.15. The van der Waals surface area contributed by atoms with E-state index in [-0.39, 0.29) is 5.84 Å². The summed E-state index contributed by atoms with van der Waals surface area (Å²) in [6, 6.07) is 7.91. The number of nitrogens with one attached hydrogen (secondary N) is 1. The van der Waals surface area contributed by atoms with Crippen LogP contribution in [0.4, 0.5) is 5.69 Å². The minimum Gasteiger partial charge on any atom is -0.384 e. The zero-order chi connectivity index (χ0) is 13.5. The first-order valence-corrected chi connectivity index (χ1v) is 6.38. The first-order chi connectivity index (χ1) is 8.54. The molecule has 0 aromatic heterocycles. The number of likely N-dealkylation sites (N-methyl/N-ethyl adjacent to an activating group) is 1. The SMILES string of the molecule is CCCN(CCN(C)C)c1ccc(C(=N)N)cc1. The molecular weight excluding hydrogens is 224 g/mol. The lowest BCUT2D eigenvalue weighted by Crippen LogP contribution is -2.32. The minimum absolute atomic E-state index is 0.122. The molecule has 0 aliphatic rings. The van der Waals surface area contributed by atoms with Crippen molar-refractivity contribution in [2.75, 3.05) is 38.6 Å². The highest BCUT2D eigenvalue weighted by molar-refractivity contribution is 5.95. The molecular formula is C14H24N4. The minimum atomic E-state index is 0.122. The van der Waals surface area contributed by atoms with E-state index in [4.69, 9.17) is 11.1 Å². The van der Waals surface area contributed by atoms with Gasteiger partial charge in [-0.1, -0.05) is 6.92 Å². The van der Waals surface area contributed by atoms with E-state index in [1.54, 1.807) is 0 Å². The molecule has 0 radical (unpaired) electrons. The molecule has 1 rings (SSSR count). The molecule has 0 amide bonds. The summed E-state index contributed by atoms with van der Waals surface area (Å²) in [5.41, 5.74) is 7.44. The standard InChI is InChI=1S/C14H24N4/c1-4-9-18(11-10-17(2)3)13-7-5-12(6-8-13)14(15)16/h5-8H,4,9-11H2,1-3H3,(H3,15,16). The number of benzene rings is 1. The van der Waals surface area contributed by atoms with E-state index in [0.29, 0.717) is 0 Å². The Labute approximate surface area is 110 Å². The number of amidine groups is 1. The van der Waals surface area contributed by atoms with Gasteiger partial charge in [-0.15, -0.1) is 0 Å². The summed E-state index contributed by atoms with van der Waals surface area (Å²) in [7, 11) is 4.17. The number of nitrogens with two attached hydrogens (primary N) is 1. The molecule has 100 valence electrons. The smallest absolute Gasteiger partial charge is 0.122 e. The number of nitrogen functional groups attached to an aromatic ring is 1. The summed E-state index contributed by atoms with van der Waals surface area (Å²) in [6.07, 6.45) is 1.13. The molecule has 0 unspecified atom stereocenters. The average molecular weight is 248 g/mol. The van der Waals surface area contributed by atoms with Crippen LogP contribution >= 0.6 is 0 Å². The molecule has 0 atom stereocenters. The normalized spacial score (nSPS) is 10.7. The first kappa shape index (κ1) is 14.5. The van der Waals surface area contributed by atoms with Crippen molar-refractivity contribution >= 4 is 11.5 Å². The second-order valence-corrected chi connectivity index (χ2v) is 4.75. The van der Waals surface area contributed by atoms with Gasteiger partial charge in [-0.2, -0.15) is 0 Å². The number of anilines is 1. The third-order valence-corrected chi connectivity index (χ3v) is 2.85. The molecule has 0 bridgehead atoms. The molecule has 3 N–H and O–H groups in total. The average Bonchev–Trinajstić information content (AvgIpc) is 2.34. The van der Waals surface area contributed by atoms with Crippen LogP contribution in [-0.2, 0) is 0 Å². The molecule has 0 fully saturated rings. The number of hydrogen-bond donors (Lipinski definition) is 2. The van der Waals surface area contributed by atoms with Gasteiger partial charge >= 0.3 is 0 Å². The molecule has 4 heteroatoms. The maximum absolute atomic E-state index is 7.39. The molecule has 1 aromatic carbocycles. The van der Waals surface area contributed by atoms with Crippen LogP contribution in [0.2, 0.25) is 0 Å². The summed E-state index contributed by atoms with van der Waals surface area (Å²) in [5.74, 6) is 0.122. The second kappa shape index (κ2) is 7.01. The highest BCUT2D eigenvalue weighted by Gasteiger charge is 2.06. The van der Waals surface area contributed by atoms with Gasteiger partial charge in [-0.3, -0.25) is 5.41 Å². The molecule has 4 nitrogen and oxygen atoms in total. The van der Waals surface area contributed by atoms with Crippen LogP contribution in [0.15, 0.2) is 24.3 Å². The zero-order valence-electron chi connectivity index (χ0n) is 11.6. The maximum Gasteiger partial charge on any atom is 0.122 e. The number of rotatable bonds is 7. The molecule has 0 aliphatic heterocycles. The Hall–Kier alpha value is -1.55. The van der Waals surface area contributed by atoms with Gasteiger partial charge in [0.25, 0.3) is 0 Å². The third kappa shape index (κ3) is 4.37. The third-order valence-electron chi connectivity index (χ3n) is 2.85. The zero-order valence-corrected chi connectivity index (χ0v) is 11.6. The van der Waals surface area contributed by atoms with E-state index < -0.39 is 0 Å². The fourth-order valence-electron chi connectivity index (χ4n) is 1.81. The van der Waals surface area contributed by atoms with Crippen LogP contribution in [0.1, 0.15) is 18.9 Å². The first-order valence-electron chi connectivity index (χ1n) is 6.38. The fourth-order valence-corrected chi connectivity index (χ4v) is 1.81. The van der Waals surface area contributed by atoms with Crippen molar-refractivity contribution in [3.05, 3.63) is 29.8 Å². The summed E-state index contributed by atoms with van der Waals surface area (Å²) in [6.45, 7) is 5.29. The second-order valence-electron chi connectivity index (χ2n) is 4.75. The molecule has 0 heterocycles. The summed E-state index contributed by atoms with van der Waals surface area (Å²) in [5, 5.41) is 7.39. The highest BCUT2D eigenvalue weighted by atomic mass is 15.2. The van der Waals surface area contributed by atoms with Crippen LogP contribution in [0.25, 0.3) is 0 Å². The largest absolute Gasteiger partial charge is 0.384 e. The Bertz CT molecular complexity index is 370. The van der Waals surface area contributed by atoms with E-state index in [2.05, 4.69) is 30.8 Å². The van der Waals surface area contributed by atoms with Crippen LogP contribution in [0.3, 0.4) is 0 Å². The van der Waals surface area contributed by atoms with E-state index in [1.165, 1.54) is 5.69 Å². The van der Waals surface area contributed by atoms with Gasteiger partial charge in [0.05, 0.1) is 0 Å². The lowest BCUT2D eigenvalue weighted by Gasteiger charge is -2.26. The predicted molar refractivity (Wildman–Crippen MR) is 78.5 cm³/mol. The Morgan fingerprint density at radius 1 is 1.11 bits per heavy atom. The molecule has 0 saturated carbocycles. The van der Waals surface area contributed by atoms with Gasteiger partial charge in [-0.25, -0.2) is 0 Å². The lowest BCUT2D eigenvalue weighted by molar-refractivity contribution is 0.413. The van der Waals surface area contributed by atoms with Crippen molar-refractivity contribution in [1.29, 1.82) is 5.41 Å². The number of nitrogens with zero attached hydrogens (tertiary/aromatic N) is 2. The van der Waals surface area contributed by atoms with Crippen LogP contribution in [0.5, 0.6) is 0 Å². The van der Waals surface area contributed by atoms with Crippen LogP contribution in [-0.4, -0.2) is 44.5 Å². The van der Waals surface area contributed by atoms with Crippen LogP contribution in [0, 0.1) is 5.41 Å². The van der Waals surface area contributed by atoms with E-state index in [0.717, 1.165) is 31.6 Å². The van der Waals surface area contributed by atoms with E-state index in [9.17, 15) is 0 Å². The molecule has 18 heavy (non-hydrogen) atoms. The van der Waals surface area contributed by atoms with Crippen molar-refractivity contribution in [2.24, 2.45) is 5.73 Å². The van der Waals surface area contributed by atoms with Gasteiger partial charge < -0.3 is 15.5 Å². The molecule has 0 aliphatic carbocycles. The van der Waals surface area contributed by atoms with Gasteiger partial charge in [-0.05, 0) is 44.8 Å². The van der Waals surface area contributed by atoms with Gasteiger partial charge in [0.2, 0.25) is 0 Å². The summed E-state index contributed by atoms with van der Waals surface area (Å²) >= 11 is 0. The van der Waals surface area contributed by atoms with Crippen molar-refractivity contribution in [2.45, 2.75) is 13.3 Å². The Morgan fingerprint density at radius 3 is 2.17 bits per heavy atom. The van der Waals surface area contributed by atoms with E-state index in [1.807, 2.05) is 24.3 Å². The summed E-state index contributed by atoms with van der Waals surface area (Å²) < 4.78 is 0. The van der Waals surface area contributed by atoms with Crippen molar-refractivity contribution in [3.63, 3.8) is 0 Å². The van der Waals surface area contributed by atoms with Crippen molar-refractivity contribution in [3.8, 4) is 0 Å². The Morgan fingerprint density at radius 2 is 1.72 bits per heavy atom. The van der Waals surface area contributed by atoms with Gasteiger partial charge in [0.1, 0.15) is 5.84 Å². The van der Waals surface area contributed by atoms with E-state index >= 15 is 0 Å².